The molecule has 2 aliphatic heterocycles. The van der Waals surface area contributed by atoms with Gasteiger partial charge >= 0.3 is 6.09 Å². The number of hydrogen-bond donors (Lipinski definition) is 2. The molecular weight excluding hydrogens is 467 g/mol. The number of phenols is 1. The fourth-order valence-corrected chi connectivity index (χ4v) is 4.54. The Morgan fingerprint density at radius 3 is 2.50 bits per heavy atom. The van der Waals surface area contributed by atoms with Crippen LogP contribution in [0, 0.1) is 5.92 Å². The third kappa shape index (κ3) is 6.52. The largest absolute Gasteiger partial charge is 0.508 e. The quantitative estimate of drug-likeness (QED) is 0.619. The van der Waals surface area contributed by atoms with Gasteiger partial charge in [0, 0.05) is 29.2 Å². The number of halogens is 2. The molecule has 34 heavy (non-hydrogen) atoms. The normalized spacial score (nSPS) is 21.9. The van der Waals surface area contributed by atoms with Crippen molar-refractivity contribution in [2.75, 3.05) is 19.7 Å². The van der Waals surface area contributed by atoms with Crippen LogP contribution >= 0.6 is 11.6 Å². The predicted molar refractivity (Wildman–Crippen MR) is 124 cm³/mol. The van der Waals surface area contributed by atoms with E-state index in [4.69, 9.17) is 25.8 Å². The predicted octanol–water partition coefficient (Wildman–Crippen LogP) is 4.47. The van der Waals surface area contributed by atoms with E-state index in [9.17, 15) is 19.1 Å². The van der Waals surface area contributed by atoms with Gasteiger partial charge in [0.1, 0.15) is 18.0 Å². The number of rotatable bonds is 5. The maximum absolute atomic E-state index is 13.2. The first kappa shape index (κ1) is 26.5. The molecule has 10 heteroatoms. The zero-order chi connectivity index (χ0) is 25.3. The SMILES string of the molecule is CC(C)(C)OC(=O)NC(c1cc(Cl)c(CF)cc1O)C1CCN(C(=O)[C@H]2COC(C)(C)O2)CC1. The van der Waals surface area contributed by atoms with E-state index in [0.717, 1.165) is 0 Å². The molecule has 2 aliphatic rings. The van der Waals surface area contributed by atoms with Crippen molar-refractivity contribution in [2.24, 2.45) is 5.92 Å². The summed E-state index contributed by atoms with van der Waals surface area (Å²) >= 11 is 6.21. The number of phenolic OH excluding ortho intramolecular Hbond substituents is 1. The number of nitrogens with one attached hydrogen (secondary N) is 1. The van der Waals surface area contributed by atoms with Crippen LogP contribution in [-0.2, 0) is 25.7 Å². The van der Waals surface area contributed by atoms with Gasteiger partial charge in [-0.15, -0.1) is 0 Å². The minimum absolute atomic E-state index is 0.119. The van der Waals surface area contributed by atoms with Crippen molar-refractivity contribution in [3.05, 3.63) is 28.3 Å². The van der Waals surface area contributed by atoms with Crippen LogP contribution in [0.2, 0.25) is 5.02 Å². The van der Waals surface area contributed by atoms with Crippen molar-refractivity contribution in [3.63, 3.8) is 0 Å². The number of aromatic hydroxyl groups is 1. The third-order valence-electron chi connectivity index (χ3n) is 5.95. The second-order valence-electron chi connectivity index (χ2n) is 10.2. The second kappa shape index (κ2) is 10.3. The number of alkyl carbamates (subject to hydrolysis) is 1. The number of nitrogens with zero attached hydrogens (tertiary/aromatic N) is 1. The molecule has 8 nitrogen and oxygen atoms in total. The van der Waals surface area contributed by atoms with E-state index in [2.05, 4.69) is 5.32 Å². The summed E-state index contributed by atoms with van der Waals surface area (Å²) in [5, 5.41) is 13.6. The number of alkyl halides is 1. The van der Waals surface area contributed by atoms with E-state index < -0.39 is 36.3 Å². The lowest BCUT2D eigenvalue weighted by molar-refractivity contribution is -0.161. The fourth-order valence-electron chi connectivity index (χ4n) is 4.32. The van der Waals surface area contributed by atoms with Gasteiger partial charge in [0.15, 0.2) is 11.9 Å². The van der Waals surface area contributed by atoms with Crippen molar-refractivity contribution < 1.29 is 33.3 Å². The molecule has 0 bridgehead atoms. The van der Waals surface area contributed by atoms with Gasteiger partial charge in [-0.05, 0) is 65.5 Å². The molecular formula is C24H34ClFN2O6. The Labute approximate surface area is 204 Å². The van der Waals surface area contributed by atoms with Crippen molar-refractivity contribution in [3.8, 4) is 5.75 Å². The van der Waals surface area contributed by atoms with E-state index in [1.165, 1.54) is 12.1 Å². The summed E-state index contributed by atoms with van der Waals surface area (Å²) in [4.78, 5) is 27.2. The summed E-state index contributed by atoms with van der Waals surface area (Å²) in [5.74, 6) is -1.19. The first-order chi connectivity index (χ1) is 15.8. The number of likely N-dealkylation sites (tertiary alicyclic amines) is 1. The molecule has 2 amide bonds. The van der Waals surface area contributed by atoms with E-state index in [1.807, 2.05) is 0 Å². The van der Waals surface area contributed by atoms with Crippen LogP contribution in [0.4, 0.5) is 9.18 Å². The second-order valence-corrected chi connectivity index (χ2v) is 10.6. The van der Waals surface area contributed by atoms with Crippen molar-refractivity contribution in [1.29, 1.82) is 0 Å². The van der Waals surface area contributed by atoms with E-state index in [1.54, 1.807) is 39.5 Å². The van der Waals surface area contributed by atoms with E-state index in [-0.39, 0.29) is 34.8 Å². The van der Waals surface area contributed by atoms with Crippen LogP contribution in [-0.4, -0.2) is 59.2 Å². The Hall–Kier alpha value is -2.10. The molecule has 2 fully saturated rings. The van der Waals surface area contributed by atoms with Crippen LogP contribution in [0.5, 0.6) is 5.75 Å². The lowest BCUT2D eigenvalue weighted by atomic mass is 9.84. The zero-order valence-electron chi connectivity index (χ0n) is 20.3. The number of hydrogen-bond acceptors (Lipinski definition) is 6. The summed E-state index contributed by atoms with van der Waals surface area (Å²) < 4.78 is 29.8. The van der Waals surface area contributed by atoms with Gasteiger partial charge in [-0.1, -0.05) is 11.6 Å². The molecule has 0 aromatic heterocycles. The van der Waals surface area contributed by atoms with Gasteiger partial charge in [0.05, 0.1) is 12.6 Å². The summed E-state index contributed by atoms with van der Waals surface area (Å²) in [5.41, 5.74) is -0.160. The van der Waals surface area contributed by atoms with Gasteiger partial charge in [-0.2, -0.15) is 0 Å². The van der Waals surface area contributed by atoms with Gasteiger partial charge in [0.2, 0.25) is 0 Å². The molecule has 1 aromatic rings. The monoisotopic (exact) mass is 500 g/mol. The molecule has 1 aromatic carbocycles. The smallest absolute Gasteiger partial charge is 0.408 e. The van der Waals surface area contributed by atoms with Crippen LogP contribution in [0.3, 0.4) is 0 Å². The highest BCUT2D eigenvalue weighted by molar-refractivity contribution is 6.31. The summed E-state index contributed by atoms with van der Waals surface area (Å²) in [6.45, 7) is 9.10. The topological polar surface area (TPSA) is 97.3 Å². The molecule has 2 atom stereocenters. The van der Waals surface area contributed by atoms with Crippen LogP contribution in [0.1, 0.15) is 64.6 Å². The molecule has 2 saturated heterocycles. The number of piperidine rings is 1. The van der Waals surface area contributed by atoms with Crippen LogP contribution in [0.15, 0.2) is 12.1 Å². The van der Waals surface area contributed by atoms with Gasteiger partial charge < -0.3 is 29.5 Å². The summed E-state index contributed by atoms with van der Waals surface area (Å²) in [7, 11) is 0. The summed E-state index contributed by atoms with van der Waals surface area (Å²) in [6.07, 6.45) is -0.158. The maximum atomic E-state index is 13.2. The number of amides is 2. The van der Waals surface area contributed by atoms with Crippen LogP contribution < -0.4 is 5.32 Å². The van der Waals surface area contributed by atoms with Crippen molar-refractivity contribution in [1.82, 2.24) is 10.2 Å². The van der Waals surface area contributed by atoms with Crippen molar-refractivity contribution >= 4 is 23.6 Å². The lowest BCUT2D eigenvalue weighted by Gasteiger charge is -2.37. The molecule has 0 radical (unpaired) electrons. The molecule has 1 unspecified atom stereocenters. The highest BCUT2D eigenvalue weighted by Crippen LogP contribution is 2.38. The zero-order valence-corrected chi connectivity index (χ0v) is 21.1. The molecule has 0 saturated carbocycles. The molecule has 2 N–H and O–H groups in total. The minimum atomic E-state index is -0.818. The third-order valence-corrected chi connectivity index (χ3v) is 6.31. The van der Waals surface area contributed by atoms with Gasteiger partial charge in [-0.25, -0.2) is 9.18 Å². The number of ether oxygens (including phenoxy) is 3. The molecule has 2 heterocycles. The number of carbonyl (C=O) groups excluding carboxylic acids is 2. The molecule has 0 spiro atoms. The van der Waals surface area contributed by atoms with Crippen LogP contribution in [0.25, 0.3) is 0 Å². The minimum Gasteiger partial charge on any atom is -0.508 e. The first-order valence-electron chi connectivity index (χ1n) is 11.5. The number of benzene rings is 1. The lowest BCUT2D eigenvalue weighted by Crippen LogP contribution is -2.47. The fraction of sp³-hybridized carbons (Fsp3) is 0.667. The Balaban J connectivity index is 1.76. The Kier molecular flexibility index (Phi) is 7.99. The first-order valence-corrected chi connectivity index (χ1v) is 11.8. The molecule has 3 rings (SSSR count). The molecule has 0 aliphatic carbocycles. The Morgan fingerprint density at radius 1 is 1.32 bits per heavy atom. The Bertz CT molecular complexity index is 911. The maximum Gasteiger partial charge on any atom is 0.408 e. The van der Waals surface area contributed by atoms with Crippen molar-refractivity contribution in [2.45, 2.75) is 77.7 Å². The average molecular weight is 501 g/mol. The summed E-state index contributed by atoms with van der Waals surface area (Å²) in [6, 6.07) is 2.12. The van der Waals surface area contributed by atoms with Gasteiger partial charge in [-0.3, -0.25) is 4.79 Å². The number of carbonyl (C=O) groups is 2. The highest BCUT2D eigenvalue weighted by Gasteiger charge is 2.40. The van der Waals surface area contributed by atoms with E-state index >= 15 is 0 Å². The molecule has 190 valence electrons. The van der Waals surface area contributed by atoms with Gasteiger partial charge in [0.25, 0.3) is 5.91 Å². The van der Waals surface area contributed by atoms with E-state index in [0.29, 0.717) is 31.5 Å². The average Bonchev–Trinajstić information content (AvgIpc) is 3.11. The standard InChI is InChI=1S/C24H34ClFN2O6/c1-23(2,3)34-22(31)27-20(16-11-17(25)15(12-26)10-18(16)29)14-6-8-28(9-7-14)21(30)19-13-32-24(4,5)33-19/h10-11,14,19-20,29H,6-9,12-13H2,1-5H3,(H,27,31)/t19-,20?/m1/s1. The highest BCUT2D eigenvalue weighted by atomic mass is 35.5. The Morgan fingerprint density at radius 2 is 1.97 bits per heavy atom.